The van der Waals surface area contributed by atoms with Crippen molar-refractivity contribution in [3.63, 3.8) is 0 Å². The Balaban J connectivity index is 1.45. The molecule has 0 bridgehead atoms. The van der Waals surface area contributed by atoms with Gasteiger partial charge in [0.15, 0.2) is 0 Å². The Labute approximate surface area is 236 Å². The molecule has 0 saturated heterocycles. The molecule has 0 aliphatic carbocycles. The molecule has 7 aromatic carbocycles. The highest BCUT2D eigenvalue weighted by Gasteiger charge is 2.19. The highest BCUT2D eigenvalue weighted by Crippen LogP contribution is 2.43. The topological polar surface area (TPSA) is 17.8 Å². The monoisotopic (exact) mass is 520 g/mol. The number of pyridine rings is 1. The van der Waals surface area contributed by atoms with Crippen LogP contribution in [0.15, 0.2) is 146 Å². The number of rotatable bonds is 2. The summed E-state index contributed by atoms with van der Waals surface area (Å²) < 4.78 is 2.38. The minimum Gasteiger partial charge on any atom is -0.293 e. The molecule has 9 aromatic rings. The molecular weight excluding hydrogens is 496 g/mol. The number of benzene rings is 7. The van der Waals surface area contributed by atoms with Crippen LogP contribution in [-0.2, 0) is 0 Å². The van der Waals surface area contributed by atoms with Gasteiger partial charge in [0.05, 0.1) is 16.6 Å². The molecule has 190 valence electrons. The van der Waals surface area contributed by atoms with Crippen LogP contribution in [0.3, 0.4) is 0 Å². The summed E-state index contributed by atoms with van der Waals surface area (Å²) in [6.45, 7) is 0. The van der Waals surface area contributed by atoms with E-state index in [2.05, 4.69) is 150 Å². The van der Waals surface area contributed by atoms with Crippen LogP contribution in [-0.4, -0.2) is 9.55 Å². The van der Waals surface area contributed by atoms with Gasteiger partial charge in [-0.25, -0.2) is 4.98 Å². The number of hydrogen-bond acceptors (Lipinski definition) is 1. The molecule has 0 unspecified atom stereocenters. The highest BCUT2D eigenvalue weighted by atomic mass is 15.1. The SMILES string of the molecule is c1ccc(-c2cccc3nc(-n4c5ccccc5c5ccc6c7ccccc7c7ccccc7c6c54)ccc23)cc1. The van der Waals surface area contributed by atoms with Crippen molar-refractivity contribution in [1.82, 2.24) is 9.55 Å². The van der Waals surface area contributed by atoms with Crippen molar-refractivity contribution in [3.8, 4) is 16.9 Å². The van der Waals surface area contributed by atoms with Gasteiger partial charge in [0.25, 0.3) is 0 Å². The summed E-state index contributed by atoms with van der Waals surface area (Å²) >= 11 is 0. The van der Waals surface area contributed by atoms with E-state index in [1.54, 1.807) is 0 Å². The summed E-state index contributed by atoms with van der Waals surface area (Å²) in [4.78, 5) is 5.32. The Hall–Kier alpha value is -5.47. The molecule has 0 saturated carbocycles. The zero-order chi connectivity index (χ0) is 26.9. The molecule has 2 nitrogen and oxygen atoms in total. The zero-order valence-corrected chi connectivity index (χ0v) is 22.3. The molecule has 0 fully saturated rings. The second kappa shape index (κ2) is 8.51. The smallest absolute Gasteiger partial charge is 0.138 e. The van der Waals surface area contributed by atoms with Gasteiger partial charge >= 0.3 is 0 Å². The van der Waals surface area contributed by atoms with E-state index in [0.29, 0.717) is 0 Å². The second-order valence-electron chi connectivity index (χ2n) is 10.7. The van der Waals surface area contributed by atoms with Crippen LogP contribution >= 0.6 is 0 Å². The van der Waals surface area contributed by atoms with Gasteiger partial charge in [0.1, 0.15) is 5.82 Å². The van der Waals surface area contributed by atoms with Crippen molar-refractivity contribution < 1.29 is 0 Å². The lowest BCUT2D eigenvalue weighted by Gasteiger charge is -2.15. The molecule has 0 aliphatic heterocycles. The van der Waals surface area contributed by atoms with E-state index in [1.807, 2.05) is 0 Å². The fourth-order valence-corrected chi connectivity index (χ4v) is 6.82. The lowest BCUT2D eigenvalue weighted by atomic mass is 9.93. The molecule has 41 heavy (non-hydrogen) atoms. The first-order valence-electron chi connectivity index (χ1n) is 14.1. The van der Waals surface area contributed by atoms with Crippen molar-refractivity contribution in [3.05, 3.63) is 146 Å². The van der Waals surface area contributed by atoms with E-state index >= 15 is 0 Å². The van der Waals surface area contributed by atoms with Crippen molar-refractivity contribution in [1.29, 1.82) is 0 Å². The van der Waals surface area contributed by atoms with E-state index in [-0.39, 0.29) is 0 Å². The molecule has 0 N–H and O–H groups in total. The second-order valence-corrected chi connectivity index (χ2v) is 10.7. The minimum atomic E-state index is 0.929. The van der Waals surface area contributed by atoms with Gasteiger partial charge in [-0.05, 0) is 62.3 Å². The van der Waals surface area contributed by atoms with E-state index in [0.717, 1.165) is 16.7 Å². The van der Waals surface area contributed by atoms with Gasteiger partial charge in [-0.15, -0.1) is 0 Å². The quantitative estimate of drug-likeness (QED) is 0.207. The summed E-state index contributed by atoms with van der Waals surface area (Å²) in [5.41, 5.74) is 5.77. The molecule has 0 amide bonds. The summed E-state index contributed by atoms with van der Waals surface area (Å²) in [5.74, 6) is 0.929. The Morgan fingerprint density at radius 1 is 0.390 bits per heavy atom. The van der Waals surface area contributed by atoms with Crippen LogP contribution in [0, 0.1) is 0 Å². The fourth-order valence-electron chi connectivity index (χ4n) is 6.82. The number of aromatic nitrogens is 2. The molecule has 2 heteroatoms. The van der Waals surface area contributed by atoms with Crippen molar-refractivity contribution in [2.45, 2.75) is 0 Å². The van der Waals surface area contributed by atoms with E-state index in [1.165, 1.54) is 65.3 Å². The van der Waals surface area contributed by atoms with Crippen molar-refractivity contribution in [2.75, 3.05) is 0 Å². The lowest BCUT2D eigenvalue weighted by Crippen LogP contribution is -1.99. The van der Waals surface area contributed by atoms with Gasteiger partial charge in [0.2, 0.25) is 0 Å². The Morgan fingerprint density at radius 3 is 1.76 bits per heavy atom. The predicted molar refractivity (Wildman–Crippen MR) is 174 cm³/mol. The van der Waals surface area contributed by atoms with Crippen LogP contribution in [0.2, 0.25) is 0 Å². The van der Waals surface area contributed by atoms with Crippen molar-refractivity contribution >= 4 is 65.0 Å². The highest BCUT2D eigenvalue weighted by molar-refractivity contribution is 6.33. The Kier molecular flexibility index (Phi) is 4.64. The molecule has 9 rings (SSSR count). The normalized spacial score (nSPS) is 11.9. The molecule has 2 heterocycles. The van der Waals surface area contributed by atoms with Crippen molar-refractivity contribution in [2.24, 2.45) is 0 Å². The van der Waals surface area contributed by atoms with Gasteiger partial charge < -0.3 is 0 Å². The summed E-state index contributed by atoms with van der Waals surface area (Å²) in [6, 6.07) is 52.3. The molecule has 0 spiro atoms. The summed E-state index contributed by atoms with van der Waals surface area (Å²) in [5, 5.41) is 11.3. The van der Waals surface area contributed by atoms with Crippen LogP contribution in [0.25, 0.3) is 82.0 Å². The maximum absolute atomic E-state index is 5.32. The lowest BCUT2D eigenvalue weighted by molar-refractivity contribution is 1.11. The van der Waals surface area contributed by atoms with Crippen LogP contribution in [0.1, 0.15) is 0 Å². The number of para-hydroxylation sites is 1. The third-order valence-electron chi connectivity index (χ3n) is 8.57. The molecule has 2 aromatic heterocycles. The van der Waals surface area contributed by atoms with E-state index < -0.39 is 0 Å². The zero-order valence-electron chi connectivity index (χ0n) is 22.3. The third-order valence-corrected chi connectivity index (χ3v) is 8.57. The number of fused-ring (bicyclic) bond motifs is 11. The minimum absolute atomic E-state index is 0.929. The van der Waals surface area contributed by atoms with Crippen LogP contribution in [0.5, 0.6) is 0 Å². The van der Waals surface area contributed by atoms with Gasteiger partial charge in [-0.2, -0.15) is 0 Å². The first kappa shape index (κ1) is 22.4. The first-order valence-corrected chi connectivity index (χ1v) is 14.1. The Morgan fingerprint density at radius 2 is 0.976 bits per heavy atom. The fraction of sp³-hybridized carbons (Fsp3) is 0. The molecular formula is C39H24N2. The van der Waals surface area contributed by atoms with Gasteiger partial charge in [0, 0.05) is 21.5 Å². The average molecular weight is 521 g/mol. The number of nitrogens with zero attached hydrogens (tertiary/aromatic N) is 2. The predicted octanol–water partition coefficient (Wildman–Crippen LogP) is 10.5. The van der Waals surface area contributed by atoms with E-state index in [4.69, 9.17) is 4.98 Å². The largest absolute Gasteiger partial charge is 0.293 e. The van der Waals surface area contributed by atoms with Gasteiger partial charge in [-0.3, -0.25) is 4.57 Å². The first-order chi connectivity index (χ1) is 20.4. The van der Waals surface area contributed by atoms with E-state index in [9.17, 15) is 0 Å². The van der Waals surface area contributed by atoms with Gasteiger partial charge in [-0.1, -0.05) is 121 Å². The third kappa shape index (κ3) is 3.16. The summed E-state index contributed by atoms with van der Waals surface area (Å²) in [6.07, 6.45) is 0. The Bertz CT molecular complexity index is 2430. The maximum atomic E-state index is 5.32. The molecule has 0 aliphatic rings. The van der Waals surface area contributed by atoms with Crippen LogP contribution in [0.4, 0.5) is 0 Å². The molecule has 0 radical (unpaired) electrons. The maximum Gasteiger partial charge on any atom is 0.138 e. The number of hydrogen-bond donors (Lipinski definition) is 0. The van der Waals surface area contributed by atoms with Crippen LogP contribution < -0.4 is 0 Å². The molecule has 0 atom stereocenters. The average Bonchev–Trinajstić information content (AvgIpc) is 3.39. The standard InChI is InChI=1S/C39H24N2/c1-2-11-25(12-3-1)26-18-10-19-35-30(26)23-24-37(40-35)41-36-20-9-8-16-31(36)34-22-21-33-29-15-5-4-13-27(29)28-14-6-7-17-32(28)38(33)39(34)41/h1-24H. The summed E-state index contributed by atoms with van der Waals surface area (Å²) in [7, 11) is 0.